The molecule has 0 saturated carbocycles. The van der Waals surface area contributed by atoms with Crippen molar-refractivity contribution in [1.29, 1.82) is 0 Å². The Morgan fingerprint density at radius 2 is 1.86 bits per heavy atom. The summed E-state index contributed by atoms with van der Waals surface area (Å²) >= 11 is 0. The number of carbonyl (C=O) groups is 2. The van der Waals surface area contributed by atoms with Gasteiger partial charge in [0.25, 0.3) is 0 Å². The summed E-state index contributed by atoms with van der Waals surface area (Å²) in [6, 6.07) is 0. The molecule has 1 amide bonds. The Labute approximate surface area is 85.2 Å². The van der Waals surface area contributed by atoms with Gasteiger partial charge in [-0.3, -0.25) is 4.79 Å². The van der Waals surface area contributed by atoms with Crippen LogP contribution in [0.5, 0.6) is 0 Å². The molecule has 0 bridgehead atoms. The summed E-state index contributed by atoms with van der Waals surface area (Å²) < 4.78 is 0. The fourth-order valence-electron chi connectivity index (χ4n) is 0.652. The number of rotatable bonds is 5. The largest absolute Gasteiger partial charge is 0.400 e. The van der Waals surface area contributed by atoms with Crippen LogP contribution in [-0.4, -0.2) is 43.4 Å². The number of hydrogen-bond donors (Lipinski definition) is 1. The maximum absolute atomic E-state index is 10.9. The minimum atomic E-state index is -0.0129. The summed E-state index contributed by atoms with van der Waals surface area (Å²) in [5, 5.41) is 7.00. The molecule has 0 heterocycles. The molecule has 4 heteroatoms. The van der Waals surface area contributed by atoms with Crippen molar-refractivity contribution in [3.05, 3.63) is 12.2 Å². The standard InChI is InChI=1S/C9H15NO2.CH4O/c1-10(2)9(12)7-5-3-4-6-8-11;1-2/h5,7-8H,3-4,6H2,1-2H3;2H,1H3/b7-5+;. The van der Waals surface area contributed by atoms with Crippen LogP contribution in [0.4, 0.5) is 0 Å². The fraction of sp³-hybridized carbons (Fsp3) is 0.600. The van der Waals surface area contributed by atoms with E-state index < -0.39 is 0 Å². The third-order valence-corrected chi connectivity index (χ3v) is 1.39. The van der Waals surface area contributed by atoms with E-state index in [0.717, 1.165) is 26.2 Å². The smallest absolute Gasteiger partial charge is 0.245 e. The molecule has 82 valence electrons. The Balaban J connectivity index is 0. The third kappa shape index (κ3) is 10.8. The number of unbranched alkanes of at least 4 members (excludes halogenated alkanes) is 2. The van der Waals surface area contributed by atoms with Gasteiger partial charge in [0.05, 0.1) is 0 Å². The second-order valence-electron chi connectivity index (χ2n) is 2.73. The summed E-state index contributed by atoms with van der Waals surface area (Å²) in [7, 11) is 4.41. The SMILES string of the molecule is CN(C)C(=O)/C=C/CCCC=O.CO. The molecule has 4 nitrogen and oxygen atoms in total. The van der Waals surface area contributed by atoms with Gasteiger partial charge in [-0.15, -0.1) is 0 Å². The zero-order valence-electron chi connectivity index (χ0n) is 9.06. The van der Waals surface area contributed by atoms with E-state index in [0.29, 0.717) is 6.42 Å². The summed E-state index contributed by atoms with van der Waals surface area (Å²) in [4.78, 5) is 22.4. The van der Waals surface area contributed by atoms with Gasteiger partial charge in [-0.25, -0.2) is 0 Å². The van der Waals surface area contributed by atoms with Gasteiger partial charge in [0, 0.05) is 27.6 Å². The van der Waals surface area contributed by atoms with E-state index in [9.17, 15) is 9.59 Å². The predicted molar refractivity (Wildman–Crippen MR) is 55.9 cm³/mol. The Hall–Kier alpha value is -1.16. The Morgan fingerprint density at radius 3 is 2.29 bits per heavy atom. The Bertz CT molecular complexity index is 176. The van der Waals surface area contributed by atoms with Crippen molar-refractivity contribution >= 4 is 12.2 Å². The highest BCUT2D eigenvalue weighted by Gasteiger charge is 1.94. The second-order valence-corrected chi connectivity index (χ2v) is 2.73. The van der Waals surface area contributed by atoms with Crippen LogP contribution < -0.4 is 0 Å². The van der Waals surface area contributed by atoms with Crippen molar-refractivity contribution < 1.29 is 14.7 Å². The molecule has 0 rings (SSSR count). The minimum Gasteiger partial charge on any atom is -0.400 e. The lowest BCUT2D eigenvalue weighted by atomic mass is 10.2. The molecule has 14 heavy (non-hydrogen) atoms. The van der Waals surface area contributed by atoms with Crippen LogP contribution in [0.1, 0.15) is 19.3 Å². The quantitative estimate of drug-likeness (QED) is 0.403. The van der Waals surface area contributed by atoms with Gasteiger partial charge in [-0.05, 0) is 18.9 Å². The van der Waals surface area contributed by atoms with Crippen molar-refractivity contribution in [1.82, 2.24) is 4.90 Å². The fourth-order valence-corrected chi connectivity index (χ4v) is 0.652. The topological polar surface area (TPSA) is 57.6 Å². The van der Waals surface area contributed by atoms with E-state index in [1.165, 1.54) is 11.0 Å². The number of amides is 1. The van der Waals surface area contributed by atoms with Crippen molar-refractivity contribution in [2.75, 3.05) is 21.2 Å². The van der Waals surface area contributed by atoms with E-state index in [1.807, 2.05) is 0 Å². The van der Waals surface area contributed by atoms with E-state index in [1.54, 1.807) is 20.2 Å². The van der Waals surface area contributed by atoms with E-state index in [2.05, 4.69) is 0 Å². The highest BCUT2D eigenvalue weighted by atomic mass is 16.2. The molecule has 0 fully saturated rings. The van der Waals surface area contributed by atoms with Gasteiger partial charge in [0.15, 0.2) is 0 Å². The van der Waals surface area contributed by atoms with Crippen molar-refractivity contribution in [3.63, 3.8) is 0 Å². The summed E-state index contributed by atoms with van der Waals surface area (Å²) in [6.07, 6.45) is 6.40. The first-order chi connectivity index (χ1) is 6.68. The monoisotopic (exact) mass is 201 g/mol. The number of aliphatic hydroxyl groups is 1. The van der Waals surface area contributed by atoms with Gasteiger partial charge in [-0.1, -0.05) is 6.08 Å². The van der Waals surface area contributed by atoms with Crippen LogP contribution in [0.15, 0.2) is 12.2 Å². The zero-order valence-corrected chi connectivity index (χ0v) is 9.06. The van der Waals surface area contributed by atoms with Crippen LogP contribution in [0.25, 0.3) is 0 Å². The molecular weight excluding hydrogens is 182 g/mol. The first kappa shape index (κ1) is 15.3. The first-order valence-electron chi connectivity index (χ1n) is 4.44. The van der Waals surface area contributed by atoms with E-state index in [4.69, 9.17) is 5.11 Å². The predicted octanol–water partition coefficient (Wildman–Crippen LogP) is 0.608. The minimum absolute atomic E-state index is 0.0129. The van der Waals surface area contributed by atoms with Gasteiger partial charge >= 0.3 is 0 Å². The van der Waals surface area contributed by atoms with Crippen LogP contribution in [-0.2, 0) is 9.59 Å². The number of aldehydes is 1. The van der Waals surface area contributed by atoms with Crippen LogP contribution in [0.2, 0.25) is 0 Å². The molecule has 1 N–H and O–H groups in total. The Morgan fingerprint density at radius 1 is 1.29 bits per heavy atom. The average Bonchev–Trinajstić information content (AvgIpc) is 2.20. The average molecular weight is 201 g/mol. The number of nitrogens with zero attached hydrogens (tertiary/aromatic N) is 1. The molecule has 0 saturated heterocycles. The van der Waals surface area contributed by atoms with Gasteiger partial charge in [0.1, 0.15) is 6.29 Å². The first-order valence-corrected chi connectivity index (χ1v) is 4.44. The molecule has 0 unspecified atom stereocenters. The maximum Gasteiger partial charge on any atom is 0.245 e. The van der Waals surface area contributed by atoms with E-state index >= 15 is 0 Å². The Kier molecular flexibility index (Phi) is 13.0. The van der Waals surface area contributed by atoms with E-state index in [-0.39, 0.29) is 5.91 Å². The molecule has 0 spiro atoms. The van der Waals surface area contributed by atoms with Crippen molar-refractivity contribution in [3.8, 4) is 0 Å². The summed E-state index contributed by atoms with van der Waals surface area (Å²) in [5.74, 6) is -0.0129. The molecule has 0 aromatic heterocycles. The number of allylic oxidation sites excluding steroid dienone is 1. The van der Waals surface area contributed by atoms with Crippen LogP contribution in [0.3, 0.4) is 0 Å². The highest BCUT2D eigenvalue weighted by molar-refractivity contribution is 5.87. The molecule has 0 aliphatic carbocycles. The maximum atomic E-state index is 10.9. The summed E-state index contributed by atoms with van der Waals surface area (Å²) in [6.45, 7) is 0. The van der Waals surface area contributed by atoms with Crippen LogP contribution in [0, 0.1) is 0 Å². The van der Waals surface area contributed by atoms with Gasteiger partial charge < -0.3 is 14.8 Å². The van der Waals surface area contributed by atoms with Crippen molar-refractivity contribution in [2.24, 2.45) is 0 Å². The van der Waals surface area contributed by atoms with Crippen LogP contribution >= 0.6 is 0 Å². The second kappa shape index (κ2) is 11.8. The molecular formula is C10H19NO3. The summed E-state index contributed by atoms with van der Waals surface area (Å²) in [5.41, 5.74) is 0. The lowest BCUT2D eigenvalue weighted by molar-refractivity contribution is -0.123. The third-order valence-electron chi connectivity index (χ3n) is 1.39. The molecule has 0 radical (unpaired) electrons. The molecule has 0 atom stereocenters. The lowest BCUT2D eigenvalue weighted by Crippen LogP contribution is -2.18. The van der Waals surface area contributed by atoms with Crippen molar-refractivity contribution in [2.45, 2.75) is 19.3 Å². The van der Waals surface area contributed by atoms with Gasteiger partial charge in [0.2, 0.25) is 5.91 Å². The number of aliphatic hydroxyl groups excluding tert-OH is 1. The highest BCUT2D eigenvalue weighted by Crippen LogP contribution is 1.94. The molecule has 0 aliphatic heterocycles. The van der Waals surface area contributed by atoms with Gasteiger partial charge in [-0.2, -0.15) is 0 Å². The molecule has 0 aromatic rings. The molecule has 0 aromatic carbocycles. The number of hydrogen-bond acceptors (Lipinski definition) is 3. The number of likely N-dealkylation sites (N-methyl/N-ethyl adjacent to an activating group) is 1. The zero-order chi connectivity index (χ0) is 11.4. The molecule has 0 aliphatic rings. The normalized spacial score (nSPS) is 9.14. The number of carbonyl (C=O) groups excluding carboxylic acids is 2. The lowest BCUT2D eigenvalue weighted by Gasteiger charge is -2.04.